The summed E-state index contributed by atoms with van der Waals surface area (Å²) in [5.74, 6) is -1.13. The average Bonchev–Trinajstić information content (AvgIpc) is 2.71. The predicted molar refractivity (Wildman–Crippen MR) is 62.4 cm³/mol. The van der Waals surface area contributed by atoms with E-state index in [1.54, 1.807) is 0 Å². The molecule has 0 saturated carbocycles. The first-order chi connectivity index (χ1) is 8.09. The van der Waals surface area contributed by atoms with Crippen LogP contribution in [0.25, 0.3) is 0 Å². The van der Waals surface area contributed by atoms with Gasteiger partial charge in [0, 0.05) is 0 Å². The number of hydrogen-bond acceptors (Lipinski definition) is 3. The van der Waals surface area contributed by atoms with E-state index in [2.05, 4.69) is 15.5 Å². The van der Waals surface area contributed by atoms with Crippen LogP contribution in [0.2, 0.25) is 5.02 Å². The van der Waals surface area contributed by atoms with Gasteiger partial charge in [0.1, 0.15) is 11.4 Å². The maximum absolute atomic E-state index is 13.5. The molecule has 7 heteroatoms. The molecule has 0 aliphatic carbocycles. The number of H-pyrrole nitrogens is 1. The first-order valence-corrected chi connectivity index (χ1v) is 5.01. The molecule has 5 nitrogen and oxygen atoms in total. The van der Waals surface area contributed by atoms with Gasteiger partial charge in [0.25, 0.3) is 5.91 Å². The summed E-state index contributed by atoms with van der Waals surface area (Å²) in [5.41, 5.74) is 5.60. The summed E-state index contributed by atoms with van der Waals surface area (Å²) >= 11 is 5.58. The van der Waals surface area contributed by atoms with E-state index in [-0.39, 0.29) is 22.1 Å². The third-order valence-corrected chi connectivity index (χ3v) is 2.41. The van der Waals surface area contributed by atoms with Crippen LogP contribution in [0.5, 0.6) is 0 Å². The highest BCUT2D eigenvalue weighted by atomic mass is 35.5. The minimum Gasteiger partial charge on any atom is -0.383 e. The summed E-state index contributed by atoms with van der Waals surface area (Å²) in [4.78, 5) is 11.7. The van der Waals surface area contributed by atoms with Crippen LogP contribution in [-0.4, -0.2) is 16.1 Å². The molecule has 1 aromatic heterocycles. The highest BCUT2D eigenvalue weighted by molar-refractivity contribution is 6.31. The van der Waals surface area contributed by atoms with E-state index in [1.807, 2.05) is 0 Å². The molecule has 0 fully saturated rings. The number of aromatic amines is 1. The zero-order valence-electron chi connectivity index (χ0n) is 8.50. The Kier molecular flexibility index (Phi) is 2.97. The van der Waals surface area contributed by atoms with Gasteiger partial charge in [-0.15, -0.1) is 0 Å². The molecule has 0 unspecified atom stereocenters. The van der Waals surface area contributed by atoms with Gasteiger partial charge < -0.3 is 11.1 Å². The molecule has 2 rings (SSSR count). The lowest BCUT2D eigenvalue weighted by molar-refractivity contribution is 0.102. The summed E-state index contributed by atoms with van der Waals surface area (Å²) in [6, 6.07) is 4.31. The standard InChI is InChI=1S/C10H8ClFN4O/c11-6-2-1-3-7(8(6)12)15-10(17)5-4-14-16-9(5)13/h1-4H,(H,15,17)(H3,13,14,16). The molecule has 0 aliphatic heterocycles. The zero-order chi connectivity index (χ0) is 12.4. The average molecular weight is 255 g/mol. The summed E-state index contributed by atoms with van der Waals surface area (Å²) < 4.78 is 13.5. The molecule has 17 heavy (non-hydrogen) atoms. The fraction of sp³-hybridized carbons (Fsp3) is 0. The van der Waals surface area contributed by atoms with Crippen molar-refractivity contribution in [2.24, 2.45) is 0 Å². The lowest BCUT2D eigenvalue weighted by Crippen LogP contribution is -2.14. The van der Waals surface area contributed by atoms with Gasteiger partial charge >= 0.3 is 0 Å². The minimum absolute atomic E-state index is 0.0110. The maximum atomic E-state index is 13.5. The van der Waals surface area contributed by atoms with E-state index >= 15 is 0 Å². The van der Waals surface area contributed by atoms with Gasteiger partial charge in [0.2, 0.25) is 0 Å². The van der Waals surface area contributed by atoms with Crippen LogP contribution in [0.15, 0.2) is 24.4 Å². The number of rotatable bonds is 2. The predicted octanol–water partition coefficient (Wildman–Crippen LogP) is 2.04. The normalized spacial score (nSPS) is 10.2. The number of benzene rings is 1. The van der Waals surface area contributed by atoms with Crippen molar-refractivity contribution < 1.29 is 9.18 Å². The summed E-state index contributed by atoms with van der Waals surface area (Å²) in [6.45, 7) is 0. The second-order valence-corrected chi connectivity index (χ2v) is 3.66. The number of anilines is 2. The Balaban J connectivity index is 2.25. The Morgan fingerprint density at radius 3 is 2.94 bits per heavy atom. The van der Waals surface area contributed by atoms with Crippen LogP contribution in [0.1, 0.15) is 10.4 Å². The Morgan fingerprint density at radius 2 is 2.29 bits per heavy atom. The Bertz CT molecular complexity index is 569. The zero-order valence-corrected chi connectivity index (χ0v) is 9.25. The highest BCUT2D eigenvalue weighted by Gasteiger charge is 2.14. The van der Waals surface area contributed by atoms with Crippen LogP contribution in [0.4, 0.5) is 15.9 Å². The van der Waals surface area contributed by atoms with Crippen molar-refractivity contribution in [3.8, 4) is 0 Å². The fourth-order valence-electron chi connectivity index (χ4n) is 1.27. The molecule has 4 N–H and O–H groups in total. The largest absolute Gasteiger partial charge is 0.383 e. The second kappa shape index (κ2) is 4.42. The second-order valence-electron chi connectivity index (χ2n) is 3.25. The number of aromatic nitrogens is 2. The number of nitrogens with one attached hydrogen (secondary N) is 2. The molecule has 0 atom stereocenters. The fourth-order valence-corrected chi connectivity index (χ4v) is 1.44. The first kappa shape index (κ1) is 11.4. The molecule has 1 heterocycles. The summed E-state index contributed by atoms with van der Waals surface area (Å²) in [6.07, 6.45) is 1.26. The Hall–Kier alpha value is -2.08. The molecule has 1 aromatic carbocycles. The molecule has 0 spiro atoms. The highest BCUT2D eigenvalue weighted by Crippen LogP contribution is 2.22. The van der Waals surface area contributed by atoms with Gasteiger partial charge in [-0.2, -0.15) is 5.10 Å². The lowest BCUT2D eigenvalue weighted by atomic mass is 10.2. The van der Waals surface area contributed by atoms with Crippen LogP contribution < -0.4 is 11.1 Å². The lowest BCUT2D eigenvalue weighted by Gasteiger charge is -2.06. The SMILES string of the molecule is Nc1[nH]ncc1C(=O)Nc1cccc(Cl)c1F. The van der Waals surface area contributed by atoms with Gasteiger partial charge in [-0.25, -0.2) is 4.39 Å². The van der Waals surface area contributed by atoms with Crippen LogP contribution in [0, 0.1) is 5.82 Å². The number of nitrogen functional groups attached to an aromatic ring is 1. The number of hydrogen-bond donors (Lipinski definition) is 3. The van der Waals surface area contributed by atoms with E-state index in [0.29, 0.717) is 0 Å². The Morgan fingerprint density at radius 1 is 1.53 bits per heavy atom. The smallest absolute Gasteiger partial charge is 0.261 e. The molecule has 0 aliphatic rings. The van der Waals surface area contributed by atoms with Crippen molar-refractivity contribution in [1.82, 2.24) is 10.2 Å². The number of nitrogens with two attached hydrogens (primary N) is 1. The number of carbonyl (C=O) groups excluding carboxylic acids is 1. The van der Waals surface area contributed by atoms with Gasteiger partial charge in [0.15, 0.2) is 5.82 Å². The van der Waals surface area contributed by atoms with Crippen molar-refractivity contribution in [1.29, 1.82) is 0 Å². The monoisotopic (exact) mass is 254 g/mol. The van der Waals surface area contributed by atoms with Crippen molar-refractivity contribution >= 4 is 29.0 Å². The quantitative estimate of drug-likeness (QED) is 0.767. The van der Waals surface area contributed by atoms with Gasteiger partial charge in [-0.05, 0) is 12.1 Å². The molecular formula is C10H8ClFN4O. The van der Waals surface area contributed by atoms with Gasteiger partial charge in [-0.1, -0.05) is 17.7 Å². The van der Waals surface area contributed by atoms with E-state index in [9.17, 15) is 9.18 Å². The number of halogens is 2. The topological polar surface area (TPSA) is 83.8 Å². The molecule has 2 aromatic rings. The third kappa shape index (κ3) is 2.21. The van der Waals surface area contributed by atoms with E-state index in [1.165, 1.54) is 24.4 Å². The Labute approximate surface area is 101 Å². The van der Waals surface area contributed by atoms with Gasteiger partial charge in [-0.3, -0.25) is 9.89 Å². The van der Waals surface area contributed by atoms with Crippen molar-refractivity contribution in [3.05, 3.63) is 40.8 Å². The van der Waals surface area contributed by atoms with Crippen LogP contribution in [-0.2, 0) is 0 Å². The number of nitrogens with zero attached hydrogens (tertiary/aromatic N) is 1. The maximum Gasteiger partial charge on any atom is 0.261 e. The van der Waals surface area contributed by atoms with Crippen molar-refractivity contribution in [2.45, 2.75) is 0 Å². The minimum atomic E-state index is -0.690. The third-order valence-electron chi connectivity index (χ3n) is 2.11. The molecule has 1 amide bonds. The number of carbonyl (C=O) groups is 1. The first-order valence-electron chi connectivity index (χ1n) is 4.64. The molecule has 0 bridgehead atoms. The van der Waals surface area contributed by atoms with Gasteiger partial charge in [0.05, 0.1) is 16.9 Å². The summed E-state index contributed by atoms with van der Waals surface area (Å²) in [7, 11) is 0. The van der Waals surface area contributed by atoms with Crippen molar-refractivity contribution in [2.75, 3.05) is 11.1 Å². The van der Waals surface area contributed by atoms with E-state index < -0.39 is 11.7 Å². The van der Waals surface area contributed by atoms with Crippen LogP contribution in [0.3, 0.4) is 0 Å². The van der Waals surface area contributed by atoms with E-state index in [4.69, 9.17) is 17.3 Å². The van der Waals surface area contributed by atoms with Crippen molar-refractivity contribution in [3.63, 3.8) is 0 Å². The summed E-state index contributed by atoms with van der Waals surface area (Å²) in [5, 5.41) is 8.29. The molecule has 0 radical (unpaired) electrons. The molecule has 88 valence electrons. The number of amides is 1. The van der Waals surface area contributed by atoms with Crippen LogP contribution >= 0.6 is 11.6 Å². The van der Waals surface area contributed by atoms with E-state index in [0.717, 1.165) is 0 Å². The molecular weight excluding hydrogens is 247 g/mol. The molecule has 0 saturated heterocycles.